The Morgan fingerprint density at radius 3 is 2.79 bits per heavy atom. The van der Waals surface area contributed by atoms with Gasteiger partial charge >= 0.3 is 0 Å². The summed E-state index contributed by atoms with van der Waals surface area (Å²) in [7, 11) is 2.11. The van der Waals surface area contributed by atoms with Crippen LogP contribution in [0, 0.1) is 0 Å². The van der Waals surface area contributed by atoms with E-state index in [1.165, 1.54) is 35.0 Å². The number of piperazine rings is 1. The van der Waals surface area contributed by atoms with Crippen molar-refractivity contribution in [3.8, 4) is 5.75 Å². The third-order valence-corrected chi connectivity index (χ3v) is 8.58. The smallest absolute Gasteiger partial charge is 0.253 e. The third-order valence-electron chi connectivity index (χ3n) is 7.95. The molecule has 1 amide bonds. The number of fused-ring (bicyclic) bond motifs is 3. The van der Waals surface area contributed by atoms with E-state index in [0.29, 0.717) is 6.61 Å². The Labute approximate surface area is 234 Å². The molecule has 204 valence electrons. The number of aryl methyl sites for hydroxylation is 2. The minimum atomic E-state index is 0.148. The van der Waals surface area contributed by atoms with Gasteiger partial charge in [0.2, 0.25) is 0 Å². The highest BCUT2D eigenvalue weighted by Crippen LogP contribution is 2.30. The van der Waals surface area contributed by atoms with Gasteiger partial charge in [-0.1, -0.05) is 12.1 Å². The number of carbonyl (C=O) groups is 1. The zero-order valence-corrected chi connectivity index (χ0v) is 23.5. The Hall–Kier alpha value is -3.20. The number of rotatable bonds is 9. The lowest BCUT2D eigenvalue weighted by Gasteiger charge is -2.34. The molecule has 0 saturated carbocycles. The van der Waals surface area contributed by atoms with Gasteiger partial charge in [0.25, 0.3) is 5.91 Å². The van der Waals surface area contributed by atoms with Crippen LogP contribution in [0.25, 0.3) is 10.9 Å². The molecule has 0 atom stereocenters. The SMILES string of the molecule is CN(Cc1cccc(OCCN2CCN(C(=O)c3ccc4[nH]c5c(c4c3)CCCC5)CC2)c1)Cc1cscn1. The van der Waals surface area contributed by atoms with Crippen LogP contribution in [0.2, 0.25) is 0 Å². The zero-order chi connectivity index (χ0) is 26.6. The standard InChI is InChI=1S/C31H37N5O2S/c1-34(20-25-21-39-22-32-25)19-23-5-4-6-26(17-23)38-16-15-35-11-13-36(14-12-35)31(37)24-9-10-30-28(18-24)27-7-2-3-8-29(27)33-30/h4-6,9-10,17-18,21-22,33H,2-3,7-8,11-16,19-20H2,1H3. The molecular formula is C31H37N5O2S. The number of nitrogens with zero attached hydrogens (tertiary/aromatic N) is 4. The monoisotopic (exact) mass is 543 g/mol. The van der Waals surface area contributed by atoms with Gasteiger partial charge in [-0.05, 0) is 74.2 Å². The van der Waals surface area contributed by atoms with E-state index in [-0.39, 0.29) is 5.91 Å². The third kappa shape index (κ3) is 6.19. The van der Waals surface area contributed by atoms with E-state index in [1.807, 2.05) is 22.5 Å². The predicted octanol–water partition coefficient (Wildman–Crippen LogP) is 4.97. The number of benzene rings is 2. The molecule has 6 rings (SSSR count). The van der Waals surface area contributed by atoms with Gasteiger partial charge in [0.05, 0.1) is 11.2 Å². The fourth-order valence-electron chi connectivity index (χ4n) is 5.88. The Balaban J connectivity index is 0.965. The maximum Gasteiger partial charge on any atom is 0.253 e. The lowest BCUT2D eigenvalue weighted by molar-refractivity contribution is 0.0620. The number of hydrogen-bond acceptors (Lipinski definition) is 6. The molecular weight excluding hydrogens is 506 g/mol. The lowest BCUT2D eigenvalue weighted by Crippen LogP contribution is -2.49. The van der Waals surface area contributed by atoms with Gasteiger partial charge in [-0.25, -0.2) is 4.98 Å². The minimum absolute atomic E-state index is 0.148. The van der Waals surface area contributed by atoms with Gasteiger partial charge < -0.3 is 14.6 Å². The number of aromatic amines is 1. The molecule has 1 saturated heterocycles. The van der Waals surface area contributed by atoms with Crippen molar-refractivity contribution in [2.75, 3.05) is 46.4 Å². The number of aromatic nitrogens is 2. The molecule has 7 nitrogen and oxygen atoms in total. The van der Waals surface area contributed by atoms with Crippen LogP contribution < -0.4 is 4.74 Å². The topological polar surface area (TPSA) is 64.7 Å². The molecule has 0 unspecified atom stereocenters. The second-order valence-corrected chi connectivity index (χ2v) is 11.6. The number of hydrogen-bond donors (Lipinski definition) is 1. The van der Waals surface area contributed by atoms with Crippen LogP contribution in [0.4, 0.5) is 0 Å². The molecule has 8 heteroatoms. The molecule has 1 aliphatic heterocycles. The van der Waals surface area contributed by atoms with Crippen molar-refractivity contribution in [1.29, 1.82) is 0 Å². The van der Waals surface area contributed by atoms with Gasteiger partial charge in [-0.15, -0.1) is 11.3 Å². The van der Waals surface area contributed by atoms with Gasteiger partial charge in [-0.2, -0.15) is 0 Å². The number of nitrogens with one attached hydrogen (secondary N) is 1. The molecule has 1 fully saturated rings. The van der Waals surface area contributed by atoms with Gasteiger partial charge in [0, 0.05) is 73.4 Å². The molecule has 2 aromatic carbocycles. The van der Waals surface area contributed by atoms with Crippen molar-refractivity contribution in [3.63, 3.8) is 0 Å². The summed E-state index contributed by atoms with van der Waals surface area (Å²) < 4.78 is 6.10. The van der Waals surface area contributed by atoms with Crippen molar-refractivity contribution in [3.05, 3.63) is 81.4 Å². The molecule has 39 heavy (non-hydrogen) atoms. The van der Waals surface area contributed by atoms with E-state index in [9.17, 15) is 4.79 Å². The highest BCUT2D eigenvalue weighted by Gasteiger charge is 2.23. The predicted molar refractivity (Wildman–Crippen MR) is 157 cm³/mol. The van der Waals surface area contributed by atoms with Crippen molar-refractivity contribution < 1.29 is 9.53 Å². The highest BCUT2D eigenvalue weighted by atomic mass is 32.1. The van der Waals surface area contributed by atoms with E-state index in [2.05, 4.69) is 62.5 Å². The molecule has 3 heterocycles. The molecule has 2 aromatic heterocycles. The maximum atomic E-state index is 13.3. The van der Waals surface area contributed by atoms with Gasteiger partial charge in [-0.3, -0.25) is 14.6 Å². The van der Waals surface area contributed by atoms with E-state index in [4.69, 9.17) is 4.74 Å². The summed E-state index contributed by atoms with van der Waals surface area (Å²) in [6.07, 6.45) is 4.72. The van der Waals surface area contributed by atoms with E-state index < -0.39 is 0 Å². The second-order valence-electron chi connectivity index (χ2n) is 10.8. The van der Waals surface area contributed by atoms with Crippen molar-refractivity contribution in [2.45, 2.75) is 38.8 Å². The number of amides is 1. The van der Waals surface area contributed by atoms with Crippen LogP contribution in [0.15, 0.2) is 53.4 Å². The van der Waals surface area contributed by atoms with Gasteiger partial charge in [0.1, 0.15) is 12.4 Å². The minimum Gasteiger partial charge on any atom is -0.492 e. The van der Waals surface area contributed by atoms with Crippen molar-refractivity contribution in [1.82, 2.24) is 24.7 Å². The molecule has 2 aliphatic rings. The second kappa shape index (κ2) is 11.9. The first-order valence-corrected chi connectivity index (χ1v) is 15.0. The Morgan fingerprint density at radius 2 is 1.95 bits per heavy atom. The molecule has 0 bridgehead atoms. The summed E-state index contributed by atoms with van der Waals surface area (Å²) in [5, 5.41) is 3.33. The van der Waals surface area contributed by atoms with Crippen LogP contribution >= 0.6 is 11.3 Å². The molecule has 1 aliphatic carbocycles. The summed E-state index contributed by atoms with van der Waals surface area (Å²) in [5.41, 5.74) is 8.98. The molecule has 4 aromatic rings. The lowest BCUT2D eigenvalue weighted by atomic mass is 9.95. The van der Waals surface area contributed by atoms with Crippen LogP contribution in [0.1, 0.15) is 45.7 Å². The fourth-order valence-corrected chi connectivity index (χ4v) is 6.43. The largest absolute Gasteiger partial charge is 0.492 e. The molecule has 0 spiro atoms. The number of thiazole rings is 1. The first-order chi connectivity index (χ1) is 19.1. The first kappa shape index (κ1) is 26.0. The zero-order valence-electron chi connectivity index (χ0n) is 22.7. The van der Waals surface area contributed by atoms with Crippen molar-refractivity contribution >= 4 is 28.1 Å². The Bertz CT molecular complexity index is 1410. The summed E-state index contributed by atoms with van der Waals surface area (Å²) in [5.74, 6) is 1.06. The molecule has 1 N–H and O–H groups in total. The number of carbonyl (C=O) groups excluding carboxylic acids is 1. The molecule has 0 radical (unpaired) electrons. The van der Waals surface area contributed by atoms with Crippen molar-refractivity contribution in [2.24, 2.45) is 0 Å². The number of H-pyrrole nitrogens is 1. The highest BCUT2D eigenvalue weighted by molar-refractivity contribution is 7.07. The van der Waals surface area contributed by atoms with Crippen LogP contribution in [0.3, 0.4) is 0 Å². The fraction of sp³-hybridized carbons (Fsp3) is 0.419. The maximum absolute atomic E-state index is 13.3. The van der Waals surface area contributed by atoms with Crippen LogP contribution in [0.5, 0.6) is 5.75 Å². The normalized spacial score (nSPS) is 16.1. The first-order valence-electron chi connectivity index (χ1n) is 14.0. The van der Waals surface area contributed by atoms with Crippen LogP contribution in [-0.4, -0.2) is 77.0 Å². The summed E-state index contributed by atoms with van der Waals surface area (Å²) in [6.45, 7) is 6.44. The van der Waals surface area contributed by atoms with E-state index in [0.717, 1.165) is 81.2 Å². The average Bonchev–Trinajstić information content (AvgIpc) is 3.60. The summed E-state index contributed by atoms with van der Waals surface area (Å²) in [4.78, 5) is 27.9. The quantitative estimate of drug-likeness (QED) is 0.323. The van der Waals surface area contributed by atoms with E-state index in [1.54, 1.807) is 11.3 Å². The average molecular weight is 544 g/mol. The Morgan fingerprint density at radius 1 is 1.08 bits per heavy atom. The van der Waals surface area contributed by atoms with Crippen LogP contribution in [-0.2, 0) is 25.9 Å². The number of ether oxygens (including phenoxy) is 1. The summed E-state index contributed by atoms with van der Waals surface area (Å²) in [6, 6.07) is 14.5. The van der Waals surface area contributed by atoms with E-state index >= 15 is 0 Å². The Kier molecular flexibility index (Phi) is 7.95. The van der Waals surface area contributed by atoms with Gasteiger partial charge in [0.15, 0.2) is 0 Å². The summed E-state index contributed by atoms with van der Waals surface area (Å²) >= 11 is 1.63.